The second-order valence-corrected chi connectivity index (χ2v) is 6.11. The molecule has 1 aromatic rings. The number of amides is 1. The Balaban J connectivity index is 2.97. The minimum absolute atomic E-state index is 0.0153. The molecule has 0 heterocycles. The number of methoxy groups -OCH3 is 1. The van der Waals surface area contributed by atoms with Crippen molar-refractivity contribution in [3.8, 4) is 0 Å². The number of ether oxygens (including phenoxy) is 1. The van der Waals surface area contributed by atoms with E-state index in [2.05, 4.69) is 10.0 Å². The number of sulfonamides is 1. The average Bonchev–Trinajstić information content (AvgIpc) is 2.45. The van der Waals surface area contributed by atoms with Crippen LogP contribution in [0.25, 0.3) is 0 Å². The highest BCUT2D eigenvalue weighted by Crippen LogP contribution is 2.15. The van der Waals surface area contributed by atoms with Crippen molar-refractivity contribution in [1.82, 2.24) is 10.0 Å². The summed E-state index contributed by atoms with van der Waals surface area (Å²) < 4.78 is 31.0. The number of aliphatic hydroxyl groups excluding tert-OH is 1. The third-order valence-corrected chi connectivity index (χ3v) is 4.22. The van der Waals surface area contributed by atoms with E-state index in [0.717, 1.165) is 0 Å². The fourth-order valence-electron chi connectivity index (χ4n) is 1.64. The van der Waals surface area contributed by atoms with Gasteiger partial charge in [-0.2, -0.15) is 0 Å². The molecule has 1 rings (SSSR count). The lowest BCUT2D eigenvalue weighted by atomic mass is 10.1. The quantitative estimate of drug-likeness (QED) is 0.568. The molecule has 0 aliphatic heterocycles. The number of carbonyl (C=O) groups excluding carboxylic acids is 1. The smallest absolute Gasteiger partial charge is 0.251 e. The van der Waals surface area contributed by atoms with Crippen LogP contribution in [-0.2, 0) is 14.8 Å². The van der Waals surface area contributed by atoms with Crippen LogP contribution in [0.3, 0.4) is 0 Å². The van der Waals surface area contributed by atoms with Gasteiger partial charge in [0.25, 0.3) is 5.91 Å². The number of hydrogen-bond acceptors (Lipinski definition) is 5. The van der Waals surface area contributed by atoms with E-state index in [9.17, 15) is 13.2 Å². The Hall–Kier alpha value is -1.48. The molecule has 0 atom stereocenters. The van der Waals surface area contributed by atoms with E-state index in [1.54, 1.807) is 13.0 Å². The highest BCUT2D eigenvalue weighted by Gasteiger charge is 2.17. The Morgan fingerprint density at radius 1 is 1.33 bits per heavy atom. The Morgan fingerprint density at radius 2 is 2.05 bits per heavy atom. The maximum Gasteiger partial charge on any atom is 0.251 e. The van der Waals surface area contributed by atoms with Crippen LogP contribution in [0, 0.1) is 6.92 Å². The molecule has 8 heteroatoms. The van der Waals surface area contributed by atoms with Gasteiger partial charge in [-0.15, -0.1) is 0 Å². The van der Waals surface area contributed by atoms with E-state index in [1.165, 1.54) is 19.2 Å². The second-order valence-electron chi connectivity index (χ2n) is 4.35. The highest BCUT2D eigenvalue weighted by atomic mass is 32.2. The number of nitrogens with one attached hydrogen (secondary N) is 2. The first kappa shape index (κ1) is 17.6. The van der Waals surface area contributed by atoms with Crippen LogP contribution < -0.4 is 10.0 Å². The standard InChI is InChI=1S/C13H20N2O5S/c1-10-3-4-11(21(18,19)15-5-7-16)9-12(10)13(17)14-6-8-20-2/h3-4,9,15-16H,5-8H2,1-2H3,(H,14,17). The zero-order valence-corrected chi connectivity index (χ0v) is 12.9. The summed E-state index contributed by atoms with van der Waals surface area (Å²) in [7, 11) is -2.21. The topological polar surface area (TPSA) is 105 Å². The summed E-state index contributed by atoms with van der Waals surface area (Å²) in [5.41, 5.74) is 0.962. The van der Waals surface area contributed by atoms with Crippen molar-refractivity contribution in [3.05, 3.63) is 29.3 Å². The zero-order valence-electron chi connectivity index (χ0n) is 12.0. The number of carbonyl (C=O) groups is 1. The van der Waals surface area contributed by atoms with E-state index in [1.807, 2.05) is 0 Å². The van der Waals surface area contributed by atoms with Crippen LogP contribution in [0.1, 0.15) is 15.9 Å². The number of hydrogen-bond donors (Lipinski definition) is 3. The van der Waals surface area contributed by atoms with Crippen LogP contribution in [0.4, 0.5) is 0 Å². The molecule has 0 fully saturated rings. The molecule has 0 radical (unpaired) electrons. The molecule has 118 valence electrons. The molecule has 0 saturated carbocycles. The highest BCUT2D eigenvalue weighted by molar-refractivity contribution is 7.89. The summed E-state index contributed by atoms with van der Waals surface area (Å²) in [6, 6.07) is 4.30. The summed E-state index contributed by atoms with van der Waals surface area (Å²) in [5, 5.41) is 11.3. The molecule has 3 N–H and O–H groups in total. The Morgan fingerprint density at radius 3 is 2.67 bits per heavy atom. The van der Waals surface area contributed by atoms with Crippen molar-refractivity contribution in [2.75, 3.05) is 33.4 Å². The fourth-order valence-corrected chi connectivity index (χ4v) is 2.68. The molecule has 0 aliphatic carbocycles. The minimum atomic E-state index is -3.74. The van der Waals surface area contributed by atoms with Gasteiger partial charge in [0.1, 0.15) is 0 Å². The zero-order chi connectivity index (χ0) is 15.9. The van der Waals surface area contributed by atoms with Gasteiger partial charge in [0.2, 0.25) is 10.0 Å². The van der Waals surface area contributed by atoms with Gasteiger partial charge in [0.05, 0.1) is 18.1 Å². The first-order chi connectivity index (χ1) is 9.92. The predicted molar refractivity (Wildman–Crippen MR) is 77.7 cm³/mol. The molecule has 0 aromatic heterocycles. The molecule has 1 aromatic carbocycles. The summed E-state index contributed by atoms with van der Waals surface area (Å²) in [6.07, 6.45) is 0. The van der Waals surface area contributed by atoms with Crippen LogP contribution in [0.5, 0.6) is 0 Å². The Bertz CT molecular complexity index is 586. The molecular weight excluding hydrogens is 296 g/mol. The number of benzene rings is 1. The van der Waals surface area contributed by atoms with E-state index in [4.69, 9.17) is 9.84 Å². The molecule has 0 aliphatic rings. The number of aliphatic hydroxyl groups is 1. The van der Waals surface area contributed by atoms with Crippen LogP contribution in [-0.4, -0.2) is 52.8 Å². The lowest BCUT2D eigenvalue weighted by molar-refractivity contribution is 0.0936. The number of rotatable bonds is 8. The van der Waals surface area contributed by atoms with Crippen LogP contribution in [0.15, 0.2) is 23.1 Å². The molecule has 0 unspecified atom stereocenters. The van der Waals surface area contributed by atoms with Crippen molar-refractivity contribution in [1.29, 1.82) is 0 Å². The maximum absolute atomic E-state index is 12.0. The monoisotopic (exact) mass is 316 g/mol. The van der Waals surface area contributed by atoms with E-state index >= 15 is 0 Å². The average molecular weight is 316 g/mol. The minimum Gasteiger partial charge on any atom is -0.395 e. The fraction of sp³-hybridized carbons (Fsp3) is 0.462. The summed E-state index contributed by atoms with van der Waals surface area (Å²) in [5.74, 6) is -0.358. The lowest BCUT2D eigenvalue weighted by Gasteiger charge is -2.10. The molecule has 0 bridgehead atoms. The van der Waals surface area contributed by atoms with Gasteiger partial charge in [0.15, 0.2) is 0 Å². The molecule has 7 nitrogen and oxygen atoms in total. The maximum atomic E-state index is 12.0. The van der Waals surface area contributed by atoms with Crippen molar-refractivity contribution in [3.63, 3.8) is 0 Å². The van der Waals surface area contributed by atoms with Gasteiger partial charge in [-0.25, -0.2) is 13.1 Å². The van der Waals surface area contributed by atoms with Crippen molar-refractivity contribution < 1.29 is 23.1 Å². The largest absolute Gasteiger partial charge is 0.395 e. The summed E-state index contributed by atoms with van der Waals surface area (Å²) >= 11 is 0. The summed E-state index contributed by atoms with van der Waals surface area (Å²) in [6.45, 7) is 2.07. The van der Waals surface area contributed by atoms with Gasteiger partial charge in [-0.05, 0) is 24.6 Å². The number of aryl methyl sites for hydroxylation is 1. The van der Waals surface area contributed by atoms with E-state index in [-0.39, 0.29) is 29.5 Å². The van der Waals surface area contributed by atoms with Gasteiger partial charge in [0, 0.05) is 25.8 Å². The molecular formula is C13H20N2O5S. The molecule has 0 spiro atoms. The molecule has 1 amide bonds. The van der Waals surface area contributed by atoms with Gasteiger partial charge < -0.3 is 15.2 Å². The molecule has 0 saturated heterocycles. The Labute approximate surface area is 124 Å². The van der Waals surface area contributed by atoms with Crippen LogP contribution in [0.2, 0.25) is 0 Å². The third-order valence-electron chi connectivity index (χ3n) is 2.76. The van der Waals surface area contributed by atoms with Crippen molar-refractivity contribution >= 4 is 15.9 Å². The first-order valence-corrected chi connectivity index (χ1v) is 7.89. The van der Waals surface area contributed by atoms with E-state index < -0.39 is 10.0 Å². The van der Waals surface area contributed by atoms with Crippen molar-refractivity contribution in [2.45, 2.75) is 11.8 Å². The lowest BCUT2D eigenvalue weighted by Crippen LogP contribution is -2.29. The van der Waals surface area contributed by atoms with Crippen LogP contribution >= 0.6 is 0 Å². The van der Waals surface area contributed by atoms with Crippen molar-refractivity contribution in [2.24, 2.45) is 0 Å². The van der Waals surface area contributed by atoms with Gasteiger partial charge in [-0.1, -0.05) is 6.07 Å². The first-order valence-electron chi connectivity index (χ1n) is 6.40. The third kappa shape index (κ3) is 5.09. The normalized spacial score (nSPS) is 11.4. The Kier molecular flexibility index (Phi) is 6.76. The predicted octanol–water partition coefficient (Wildman–Crippen LogP) is -0.358. The van der Waals surface area contributed by atoms with Gasteiger partial charge in [-0.3, -0.25) is 4.79 Å². The molecule has 21 heavy (non-hydrogen) atoms. The van der Waals surface area contributed by atoms with Gasteiger partial charge >= 0.3 is 0 Å². The SMILES string of the molecule is COCCNC(=O)c1cc(S(=O)(=O)NCCO)ccc1C. The second kappa shape index (κ2) is 8.08. The summed E-state index contributed by atoms with van der Waals surface area (Å²) in [4.78, 5) is 12.0. The van der Waals surface area contributed by atoms with E-state index in [0.29, 0.717) is 18.7 Å².